The molecule has 1 heterocycles. The first-order valence-corrected chi connectivity index (χ1v) is 11.5. The average Bonchev–Trinajstić information content (AvgIpc) is 3.42. The van der Waals surface area contributed by atoms with E-state index in [1.165, 1.54) is 13.2 Å². The van der Waals surface area contributed by atoms with Crippen molar-refractivity contribution in [3.63, 3.8) is 0 Å². The van der Waals surface area contributed by atoms with Crippen LogP contribution in [0.2, 0.25) is 0 Å². The van der Waals surface area contributed by atoms with Crippen molar-refractivity contribution in [1.82, 2.24) is 0 Å². The van der Waals surface area contributed by atoms with Gasteiger partial charge in [-0.25, -0.2) is 4.39 Å². The molecule has 34 heavy (non-hydrogen) atoms. The number of halogens is 1. The minimum absolute atomic E-state index is 0.0363. The van der Waals surface area contributed by atoms with E-state index in [4.69, 9.17) is 18.9 Å². The second-order valence-electron chi connectivity index (χ2n) is 8.89. The molecular formula is C28H27FO5. The van der Waals surface area contributed by atoms with Crippen LogP contribution in [0.3, 0.4) is 0 Å². The lowest BCUT2D eigenvalue weighted by molar-refractivity contribution is -0.141. The van der Waals surface area contributed by atoms with Gasteiger partial charge in [0.05, 0.1) is 20.1 Å². The van der Waals surface area contributed by atoms with E-state index in [9.17, 15) is 9.18 Å². The number of carbonyl (C=O) groups is 1. The van der Waals surface area contributed by atoms with Gasteiger partial charge in [0.15, 0.2) is 0 Å². The Hall–Kier alpha value is -3.54. The summed E-state index contributed by atoms with van der Waals surface area (Å²) in [7, 11) is 1.38. The molecule has 6 heteroatoms. The first kappa shape index (κ1) is 22.3. The molecule has 3 aromatic rings. The lowest BCUT2D eigenvalue weighted by Gasteiger charge is -2.18. The Bertz CT molecular complexity index is 1230. The molecule has 2 aliphatic rings. The summed E-state index contributed by atoms with van der Waals surface area (Å²) in [6, 6.07) is 14.7. The van der Waals surface area contributed by atoms with Crippen LogP contribution in [0.4, 0.5) is 4.39 Å². The number of aryl methyl sites for hydroxylation is 2. The molecule has 0 aromatic heterocycles. The Kier molecular flexibility index (Phi) is 5.90. The standard InChI is InChI=1S/C28H27FO5/c1-16-5-4-6-17(2)28(16)34-23-12-10-22(29)27-21(23)9-11-24(27)33-19-7-8-20-18(13-26(30)31-3)15-32-25(20)14-19/h4-8,10,12,14,18,24H,9,11,13,15H2,1-3H3/t18?,24-/m1/s1. The van der Waals surface area contributed by atoms with Gasteiger partial charge in [-0.2, -0.15) is 0 Å². The number of para-hydroxylation sites is 1. The van der Waals surface area contributed by atoms with Crippen LogP contribution >= 0.6 is 0 Å². The van der Waals surface area contributed by atoms with Crippen molar-refractivity contribution in [3.05, 3.63) is 82.2 Å². The van der Waals surface area contributed by atoms with Gasteiger partial charge in [-0.1, -0.05) is 24.3 Å². The highest BCUT2D eigenvalue weighted by Gasteiger charge is 2.32. The summed E-state index contributed by atoms with van der Waals surface area (Å²) in [5.41, 5.74) is 4.43. The van der Waals surface area contributed by atoms with E-state index in [-0.39, 0.29) is 24.1 Å². The van der Waals surface area contributed by atoms with E-state index in [0.29, 0.717) is 42.3 Å². The van der Waals surface area contributed by atoms with Gasteiger partial charge in [-0.05, 0) is 56.0 Å². The van der Waals surface area contributed by atoms with Crippen LogP contribution in [0.25, 0.3) is 0 Å². The minimum atomic E-state index is -0.415. The van der Waals surface area contributed by atoms with E-state index in [0.717, 1.165) is 28.0 Å². The highest BCUT2D eigenvalue weighted by atomic mass is 19.1. The van der Waals surface area contributed by atoms with Crippen molar-refractivity contribution < 1.29 is 28.1 Å². The molecule has 176 valence electrons. The van der Waals surface area contributed by atoms with E-state index < -0.39 is 6.10 Å². The predicted molar refractivity (Wildman–Crippen MR) is 125 cm³/mol. The van der Waals surface area contributed by atoms with Crippen LogP contribution in [0, 0.1) is 19.7 Å². The second-order valence-corrected chi connectivity index (χ2v) is 8.89. The summed E-state index contributed by atoms with van der Waals surface area (Å²) in [4.78, 5) is 11.7. The molecule has 0 saturated heterocycles. The third kappa shape index (κ3) is 4.09. The number of esters is 1. The minimum Gasteiger partial charge on any atom is -0.492 e. The fourth-order valence-electron chi connectivity index (χ4n) is 4.87. The highest BCUT2D eigenvalue weighted by Crippen LogP contribution is 2.45. The Balaban J connectivity index is 1.38. The molecule has 0 amide bonds. The molecule has 0 bridgehead atoms. The lowest BCUT2D eigenvalue weighted by atomic mass is 9.98. The molecule has 1 unspecified atom stereocenters. The molecule has 1 aliphatic carbocycles. The van der Waals surface area contributed by atoms with Gasteiger partial charge in [-0.3, -0.25) is 4.79 Å². The maximum atomic E-state index is 14.9. The van der Waals surface area contributed by atoms with Gasteiger partial charge in [-0.15, -0.1) is 0 Å². The number of fused-ring (bicyclic) bond motifs is 2. The van der Waals surface area contributed by atoms with Crippen molar-refractivity contribution in [1.29, 1.82) is 0 Å². The number of hydrogen-bond acceptors (Lipinski definition) is 5. The van der Waals surface area contributed by atoms with Crippen molar-refractivity contribution in [2.24, 2.45) is 0 Å². The van der Waals surface area contributed by atoms with E-state index in [1.807, 2.05) is 50.2 Å². The van der Waals surface area contributed by atoms with Crippen LogP contribution in [-0.2, 0) is 16.0 Å². The molecule has 5 rings (SSSR count). The summed E-state index contributed by atoms with van der Waals surface area (Å²) in [6.07, 6.45) is 1.18. The van der Waals surface area contributed by atoms with Crippen molar-refractivity contribution in [2.45, 2.75) is 45.1 Å². The molecule has 5 nitrogen and oxygen atoms in total. The summed E-state index contributed by atoms with van der Waals surface area (Å²) >= 11 is 0. The first-order chi connectivity index (χ1) is 16.4. The molecular weight excluding hydrogens is 435 g/mol. The number of hydrogen-bond donors (Lipinski definition) is 0. The van der Waals surface area contributed by atoms with E-state index in [1.54, 1.807) is 6.07 Å². The normalized spacial score (nSPS) is 18.1. The smallest absolute Gasteiger partial charge is 0.306 e. The zero-order chi connectivity index (χ0) is 23.8. The van der Waals surface area contributed by atoms with E-state index >= 15 is 0 Å². The Morgan fingerprint density at radius 1 is 1.12 bits per heavy atom. The number of rotatable bonds is 6. The maximum Gasteiger partial charge on any atom is 0.306 e. The summed E-state index contributed by atoms with van der Waals surface area (Å²) < 4.78 is 38.0. The van der Waals surface area contributed by atoms with Crippen LogP contribution in [0.15, 0.2) is 48.5 Å². The van der Waals surface area contributed by atoms with Gasteiger partial charge < -0.3 is 18.9 Å². The van der Waals surface area contributed by atoms with Gasteiger partial charge in [0.1, 0.15) is 34.9 Å². The molecule has 0 N–H and O–H groups in total. The molecule has 3 aromatic carbocycles. The average molecular weight is 463 g/mol. The van der Waals surface area contributed by atoms with Crippen LogP contribution in [-0.4, -0.2) is 19.7 Å². The van der Waals surface area contributed by atoms with Crippen molar-refractivity contribution in [3.8, 4) is 23.0 Å². The quantitative estimate of drug-likeness (QED) is 0.400. The Morgan fingerprint density at radius 2 is 1.91 bits per heavy atom. The summed E-state index contributed by atoms with van der Waals surface area (Å²) in [5, 5.41) is 0. The molecule has 0 spiro atoms. The fraction of sp³-hybridized carbons (Fsp3) is 0.321. The third-order valence-corrected chi connectivity index (χ3v) is 6.64. The van der Waals surface area contributed by atoms with Crippen molar-refractivity contribution >= 4 is 5.97 Å². The molecule has 2 atom stereocenters. The zero-order valence-electron chi connectivity index (χ0n) is 19.5. The van der Waals surface area contributed by atoms with Gasteiger partial charge in [0, 0.05) is 28.7 Å². The number of benzene rings is 3. The Morgan fingerprint density at radius 3 is 2.68 bits per heavy atom. The number of ether oxygens (including phenoxy) is 4. The fourth-order valence-corrected chi connectivity index (χ4v) is 4.87. The first-order valence-electron chi connectivity index (χ1n) is 11.5. The summed E-state index contributed by atoms with van der Waals surface area (Å²) in [6.45, 7) is 4.43. The lowest BCUT2D eigenvalue weighted by Crippen LogP contribution is -2.09. The van der Waals surface area contributed by atoms with Gasteiger partial charge >= 0.3 is 5.97 Å². The molecule has 1 aliphatic heterocycles. The van der Waals surface area contributed by atoms with Crippen LogP contribution in [0.5, 0.6) is 23.0 Å². The molecule has 0 fully saturated rings. The Labute approximate surface area is 198 Å². The van der Waals surface area contributed by atoms with Crippen molar-refractivity contribution in [2.75, 3.05) is 13.7 Å². The predicted octanol–water partition coefficient (Wildman–Crippen LogP) is 6.34. The topological polar surface area (TPSA) is 54.0 Å². The van der Waals surface area contributed by atoms with Crippen LogP contribution < -0.4 is 14.2 Å². The van der Waals surface area contributed by atoms with Gasteiger partial charge in [0.2, 0.25) is 0 Å². The monoisotopic (exact) mass is 462 g/mol. The highest BCUT2D eigenvalue weighted by molar-refractivity contribution is 5.71. The third-order valence-electron chi connectivity index (χ3n) is 6.64. The second kappa shape index (κ2) is 9.01. The number of carbonyl (C=O) groups excluding carboxylic acids is 1. The molecule has 0 radical (unpaired) electrons. The SMILES string of the molecule is COC(=O)CC1COc2cc(O[C@@H]3CCc4c(Oc5c(C)cccc5C)ccc(F)c43)ccc21. The van der Waals surface area contributed by atoms with E-state index in [2.05, 4.69) is 0 Å². The largest absolute Gasteiger partial charge is 0.492 e. The maximum absolute atomic E-state index is 14.9. The molecule has 0 saturated carbocycles. The number of methoxy groups -OCH3 is 1. The summed E-state index contributed by atoms with van der Waals surface area (Å²) in [5.74, 6) is 2.18. The van der Waals surface area contributed by atoms with Gasteiger partial charge in [0.25, 0.3) is 0 Å². The zero-order valence-corrected chi connectivity index (χ0v) is 19.5. The van der Waals surface area contributed by atoms with Crippen LogP contribution in [0.1, 0.15) is 52.7 Å².